The predicted molar refractivity (Wildman–Crippen MR) is 145 cm³/mol. The number of aromatic carboxylic acids is 1. The van der Waals surface area contributed by atoms with Gasteiger partial charge in [-0.25, -0.2) is 14.8 Å². The van der Waals surface area contributed by atoms with Crippen molar-refractivity contribution in [1.82, 2.24) is 14.9 Å². The Kier molecular flexibility index (Phi) is 8.04. The Bertz CT molecular complexity index is 1390. The summed E-state index contributed by atoms with van der Waals surface area (Å²) in [4.78, 5) is 34.4. The first-order valence-electron chi connectivity index (χ1n) is 13.1. The summed E-state index contributed by atoms with van der Waals surface area (Å²) in [6, 6.07) is 23.9. The summed E-state index contributed by atoms with van der Waals surface area (Å²) in [5.74, 6) is -0.293. The van der Waals surface area contributed by atoms with Crippen molar-refractivity contribution in [3.63, 3.8) is 0 Å². The van der Waals surface area contributed by atoms with Gasteiger partial charge in [-0.3, -0.25) is 9.69 Å². The highest BCUT2D eigenvalue weighted by atomic mass is 16.4. The highest BCUT2D eigenvalue weighted by molar-refractivity contribution is 5.92. The molecule has 1 N–H and O–H groups in total. The van der Waals surface area contributed by atoms with Crippen molar-refractivity contribution >= 4 is 11.8 Å². The van der Waals surface area contributed by atoms with E-state index in [4.69, 9.17) is 9.52 Å². The second kappa shape index (κ2) is 12.0. The van der Waals surface area contributed by atoms with Crippen LogP contribution in [0.2, 0.25) is 0 Å². The molecule has 0 amide bonds. The molecular weight excluding hydrogens is 478 g/mol. The van der Waals surface area contributed by atoms with Crippen LogP contribution in [0.4, 0.5) is 0 Å². The number of aromatic nitrogens is 2. The summed E-state index contributed by atoms with van der Waals surface area (Å²) in [6.45, 7) is 3.10. The Balaban J connectivity index is 1.06. The summed E-state index contributed by atoms with van der Waals surface area (Å²) in [5, 5.41) is 9.12. The van der Waals surface area contributed by atoms with Gasteiger partial charge in [-0.15, -0.1) is 0 Å². The van der Waals surface area contributed by atoms with Gasteiger partial charge >= 0.3 is 5.97 Å². The Hall–Kier alpha value is -4.10. The number of piperidine rings is 1. The maximum atomic E-state index is 12.6. The van der Waals surface area contributed by atoms with Gasteiger partial charge in [-0.05, 0) is 79.6 Å². The van der Waals surface area contributed by atoms with Crippen molar-refractivity contribution in [2.45, 2.75) is 38.6 Å². The number of oxazole rings is 1. The maximum absolute atomic E-state index is 12.6. The molecule has 5 rings (SSSR count). The highest BCUT2D eigenvalue weighted by Gasteiger charge is 2.21. The molecule has 0 aliphatic carbocycles. The molecule has 1 aliphatic rings. The number of ketones is 1. The van der Waals surface area contributed by atoms with Crippen LogP contribution < -0.4 is 0 Å². The number of rotatable bonds is 10. The van der Waals surface area contributed by atoms with Crippen LogP contribution >= 0.6 is 0 Å². The average molecular weight is 510 g/mol. The molecule has 7 nitrogen and oxygen atoms in total. The molecule has 0 unspecified atom stereocenters. The second-order valence-corrected chi connectivity index (χ2v) is 9.84. The lowest BCUT2D eigenvalue weighted by molar-refractivity contribution is 0.0690. The van der Waals surface area contributed by atoms with E-state index >= 15 is 0 Å². The van der Waals surface area contributed by atoms with E-state index in [1.807, 2.05) is 6.07 Å². The van der Waals surface area contributed by atoms with E-state index in [1.165, 1.54) is 29.0 Å². The first-order valence-corrected chi connectivity index (χ1v) is 13.1. The highest BCUT2D eigenvalue weighted by Crippen LogP contribution is 2.26. The van der Waals surface area contributed by atoms with Crippen LogP contribution in [0.1, 0.15) is 58.8 Å². The first-order chi connectivity index (χ1) is 18.5. The van der Waals surface area contributed by atoms with Gasteiger partial charge in [0.15, 0.2) is 5.76 Å². The topological polar surface area (TPSA) is 96.5 Å². The standard InChI is InChI=1S/C31H31N3O4/c35-28(30-32-20-29(38-30)26-12-6-13-27(33-26)31(36)37)14-5-7-22-15-17-34(18-16-22)21-23-8-4-11-25(19-23)24-9-2-1-3-10-24/h1-4,6,8-13,19-20,22H,5,7,14-18,21H2,(H,36,37). The van der Waals surface area contributed by atoms with Crippen molar-refractivity contribution in [3.05, 3.63) is 96.1 Å². The van der Waals surface area contributed by atoms with Crippen molar-refractivity contribution in [2.24, 2.45) is 5.92 Å². The van der Waals surface area contributed by atoms with Crippen LogP contribution in [0.5, 0.6) is 0 Å². The molecule has 2 aromatic carbocycles. The van der Waals surface area contributed by atoms with Crippen LogP contribution in [0.3, 0.4) is 0 Å². The lowest BCUT2D eigenvalue weighted by atomic mass is 9.91. The molecule has 7 heteroatoms. The molecule has 1 saturated heterocycles. The van der Waals surface area contributed by atoms with E-state index in [-0.39, 0.29) is 23.1 Å². The molecule has 194 valence electrons. The molecule has 1 aliphatic heterocycles. The number of carboxylic acid groups (broad SMARTS) is 1. The SMILES string of the molecule is O=C(O)c1cccc(-c2cnc(C(=O)CCCC3CCN(Cc4cccc(-c5ccccc5)c4)CC3)o2)n1. The van der Waals surface area contributed by atoms with Crippen molar-refractivity contribution < 1.29 is 19.1 Å². The molecule has 0 radical (unpaired) electrons. The molecule has 4 aromatic rings. The van der Waals surface area contributed by atoms with Gasteiger partial charge in [-0.1, -0.05) is 54.6 Å². The van der Waals surface area contributed by atoms with E-state index in [0.29, 0.717) is 18.0 Å². The molecule has 38 heavy (non-hydrogen) atoms. The quantitative estimate of drug-likeness (QED) is 0.248. The van der Waals surface area contributed by atoms with Crippen LogP contribution in [-0.2, 0) is 6.54 Å². The van der Waals surface area contributed by atoms with E-state index in [2.05, 4.69) is 63.4 Å². The normalized spacial score (nSPS) is 14.4. The molecule has 0 saturated carbocycles. The van der Waals surface area contributed by atoms with E-state index in [9.17, 15) is 9.59 Å². The van der Waals surface area contributed by atoms with Crippen LogP contribution in [0.25, 0.3) is 22.6 Å². The summed E-state index contributed by atoms with van der Waals surface area (Å²) in [5.41, 5.74) is 4.10. The number of nitrogens with zero attached hydrogens (tertiary/aromatic N) is 3. The van der Waals surface area contributed by atoms with Gasteiger partial charge in [0.05, 0.1) is 6.20 Å². The van der Waals surface area contributed by atoms with Gasteiger partial charge in [0.1, 0.15) is 11.4 Å². The largest absolute Gasteiger partial charge is 0.477 e. The average Bonchev–Trinajstić information content (AvgIpc) is 3.45. The molecular formula is C31H31N3O4. The number of carbonyl (C=O) groups is 2. The minimum absolute atomic E-state index is 0.0510. The lowest BCUT2D eigenvalue weighted by Crippen LogP contribution is -2.33. The number of hydrogen-bond donors (Lipinski definition) is 1. The third kappa shape index (κ3) is 6.42. The maximum Gasteiger partial charge on any atom is 0.354 e. The van der Waals surface area contributed by atoms with Crippen LogP contribution in [-0.4, -0.2) is 44.8 Å². The number of benzene rings is 2. The van der Waals surface area contributed by atoms with Gasteiger partial charge in [0.25, 0.3) is 5.89 Å². The summed E-state index contributed by atoms with van der Waals surface area (Å²) in [6.07, 6.45) is 5.90. The van der Waals surface area contributed by atoms with Crippen LogP contribution in [0, 0.1) is 5.92 Å². The third-order valence-corrected chi connectivity index (χ3v) is 7.13. The van der Waals surface area contributed by atoms with Gasteiger partial charge in [-0.2, -0.15) is 0 Å². The molecule has 0 spiro atoms. The van der Waals surface area contributed by atoms with Crippen molar-refractivity contribution in [3.8, 4) is 22.6 Å². The number of hydrogen-bond acceptors (Lipinski definition) is 6. The zero-order valence-electron chi connectivity index (χ0n) is 21.3. The fraction of sp³-hybridized carbons (Fsp3) is 0.290. The lowest BCUT2D eigenvalue weighted by Gasteiger charge is -2.32. The number of pyridine rings is 1. The van der Waals surface area contributed by atoms with Gasteiger partial charge in [0, 0.05) is 13.0 Å². The fourth-order valence-corrected chi connectivity index (χ4v) is 5.04. The zero-order valence-corrected chi connectivity index (χ0v) is 21.3. The zero-order chi connectivity index (χ0) is 26.3. The third-order valence-electron chi connectivity index (χ3n) is 7.13. The van der Waals surface area contributed by atoms with Crippen molar-refractivity contribution in [2.75, 3.05) is 13.1 Å². The van der Waals surface area contributed by atoms with E-state index in [0.717, 1.165) is 45.3 Å². The molecule has 1 fully saturated rings. The Labute approximate surface area is 222 Å². The van der Waals surface area contributed by atoms with Gasteiger partial charge < -0.3 is 9.52 Å². The van der Waals surface area contributed by atoms with E-state index in [1.54, 1.807) is 12.1 Å². The van der Waals surface area contributed by atoms with Crippen molar-refractivity contribution in [1.29, 1.82) is 0 Å². The van der Waals surface area contributed by atoms with Crippen LogP contribution in [0.15, 0.2) is 83.4 Å². The Morgan fingerprint density at radius 2 is 1.71 bits per heavy atom. The van der Waals surface area contributed by atoms with Gasteiger partial charge in [0.2, 0.25) is 5.78 Å². The first kappa shape index (κ1) is 25.5. The predicted octanol–water partition coefficient (Wildman–Crippen LogP) is 6.37. The number of likely N-dealkylation sites (tertiary alicyclic amines) is 1. The molecule has 0 bridgehead atoms. The summed E-state index contributed by atoms with van der Waals surface area (Å²) in [7, 11) is 0. The monoisotopic (exact) mass is 509 g/mol. The minimum atomic E-state index is -1.12. The Morgan fingerprint density at radius 3 is 2.50 bits per heavy atom. The second-order valence-electron chi connectivity index (χ2n) is 9.84. The Morgan fingerprint density at radius 1 is 0.947 bits per heavy atom. The molecule has 2 aromatic heterocycles. The van der Waals surface area contributed by atoms with E-state index < -0.39 is 5.97 Å². The number of carboxylic acids is 1. The number of Topliss-reactive ketones (excluding diaryl/α,β-unsaturated/α-hetero) is 1. The number of carbonyl (C=O) groups excluding carboxylic acids is 1. The minimum Gasteiger partial charge on any atom is -0.477 e. The molecule has 3 heterocycles. The molecule has 0 atom stereocenters. The summed E-state index contributed by atoms with van der Waals surface area (Å²) < 4.78 is 5.59. The summed E-state index contributed by atoms with van der Waals surface area (Å²) >= 11 is 0. The smallest absolute Gasteiger partial charge is 0.354 e. The fourth-order valence-electron chi connectivity index (χ4n) is 5.04.